The van der Waals surface area contributed by atoms with E-state index in [9.17, 15) is 18.0 Å². The molecule has 1 aliphatic rings. The van der Waals surface area contributed by atoms with Gasteiger partial charge in [-0.2, -0.15) is 4.31 Å². The molecule has 0 saturated carbocycles. The molecule has 0 unspecified atom stereocenters. The third kappa shape index (κ3) is 4.38. The summed E-state index contributed by atoms with van der Waals surface area (Å²) in [5.41, 5.74) is 1.49. The van der Waals surface area contributed by atoms with Crippen molar-refractivity contribution in [2.24, 2.45) is 7.05 Å². The Balaban J connectivity index is 1.59. The molecule has 168 valence electrons. The Kier molecular flexibility index (Phi) is 6.27. The SMILES string of the molecule is CC(=O)c1sc(NC(=O)c2cc(S(=O)(=O)N3CCCCC3)cn2C)nc1-c1ccccc1. The van der Waals surface area contributed by atoms with Crippen LogP contribution in [0.1, 0.15) is 46.3 Å². The van der Waals surface area contributed by atoms with Gasteiger partial charge in [0.15, 0.2) is 10.9 Å². The lowest BCUT2D eigenvalue weighted by atomic mass is 10.1. The van der Waals surface area contributed by atoms with Gasteiger partial charge in [0.1, 0.15) is 10.6 Å². The number of anilines is 1. The van der Waals surface area contributed by atoms with E-state index in [0.717, 1.165) is 36.2 Å². The third-order valence-electron chi connectivity index (χ3n) is 5.38. The summed E-state index contributed by atoms with van der Waals surface area (Å²) in [5.74, 6) is -0.633. The minimum atomic E-state index is -3.65. The van der Waals surface area contributed by atoms with Gasteiger partial charge in [0.05, 0.1) is 10.6 Å². The molecule has 0 radical (unpaired) electrons. The number of ketones is 1. The monoisotopic (exact) mass is 472 g/mol. The summed E-state index contributed by atoms with van der Waals surface area (Å²) in [4.78, 5) is 30.0. The van der Waals surface area contributed by atoms with Crippen LogP contribution < -0.4 is 5.32 Å². The van der Waals surface area contributed by atoms with Crippen LogP contribution >= 0.6 is 11.3 Å². The Morgan fingerprint density at radius 3 is 2.44 bits per heavy atom. The summed E-state index contributed by atoms with van der Waals surface area (Å²) < 4.78 is 28.9. The van der Waals surface area contributed by atoms with Crippen molar-refractivity contribution in [3.63, 3.8) is 0 Å². The third-order valence-corrected chi connectivity index (χ3v) is 8.32. The Morgan fingerprint density at radius 2 is 1.78 bits per heavy atom. The van der Waals surface area contributed by atoms with Crippen LogP contribution in [-0.4, -0.2) is 47.1 Å². The molecule has 1 amide bonds. The van der Waals surface area contributed by atoms with E-state index in [1.54, 1.807) is 7.05 Å². The van der Waals surface area contributed by atoms with Gasteiger partial charge in [-0.3, -0.25) is 14.9 Å². The molecule has 1 N–H and O–H groups in total. The summed E-state index contributed by atoms with van der Waals surface area (Å²) in [7, 11) is -2.02. The van der Waals surface area contributed by atoms with Gasteiger partial charge in [-0.1, -0.05) is 48.1 Å². The number of aromatic nitrogens is 2. The Hall–Kier alpha value is -2.82. The summed E-state index contributed by atoms with van der Waals surface area (Å²) in [6.07, 6.45) is 4.16. The summed E-state index contributed by atoms with van der Waals surface area (Å²) >= 11 is 1.10. The molecule has 3 aromatic rings. The number of sulfonamides is 1. The predicted octanol–water partition coefficient (Wildman–Crippen LogP) is 3.78. The largest absolute Gasteiger partial charge is 0.345 e. The number of nitrogens with one attached hydrogen (secondary N) is 1. The number of piperidine rings is 1. The number of aryl methyl sites for hydroxylation is 1. The van der Waals surface area contributed by atoms with Crippen LogP contribution in [0.3, 0.4) is 0 Å². The van der Waals surface area contributed by atoms with Crippen molar-refractivity contribution in [1.29, 1.82) is 0 Å². The predicted molar refractivity (Wildman–Crippen MR) is 124 cm³/mol. The van der Waals surface area contributed by atoms with Crippen molar-refractivity contribution in [2.45, 2.75) is 31.1 Å². The molecule has 1 fully saturated rings. The second-order valence-electron chi connectivity index (χ2n) is 7.71. The molecule has 1 saturated heterocycles. The van der Waals surface area contributed by atoms with Crippen LogP contribution in [0.4, 0.5) is 5.13 Å². The molecule has 10 heteroatoms. The quantitative estimate of drug-likeness (QED) is 0.550. The molecule has 0 atom stereocenters. The first-order chi connectivity index (χ1) is 15.3. The van der Waals surface area contributed by atoms with E-state index in [4.69, 9.17) is 0 Å². The summed E-state index contributed by atoms with van der Waals surface area (Å²) in [6.45, 7) is 2.45. The highest BCUT2D eigenvalue weighted by Gasteiger charge is 2.29. The average molecular weight is 473 g/mol. The molecule has 32 heavy (non-hydrogen) atoms. The van der Waals surface area contributed by atoms with E-state index in [0.29, 0.717) is 23.7 Å². The first-order valence-electron chi connectivity index (χ1n) is 10.3. The molecule has 1 aromatic carbocycles. The smallest absolute Gasteiger partial charge is 0.274 e. The first-order valence-corrected chi connectivity index (χ1v) is 12.6. The van der Waals surface area contributed by atoms with Gasteiger partial charge in [-0.25, -0.2) is 13.4 Å². The highest BCUT2D eigenvalue weighted by Crippen LogP contribution is 2.32. The Labute approximate surface area is 190 Å². The molecule has 3 heterocycles. The van der Waals surface area contributed by atoms with Gasteiger partial charge in [0.2, 0.25) is 10.0 Å². The minimum absolute atomic E-state index is 0.0978. The zero-order chi connectivity index (χ0) is 22.9. The molecule has 2 aromatic heterocycles. The minimum Gasteiger partial charge on any atom is -0.345 e. The van der Waals surface area contributed by atoms with Crippen LogP contribution in [0.15, 0.2) is 47.5 Å². The van der Waals surface area contributed by atoms with Crippen LogP contribution in [0.2, 0.25) is 0 Å². The zero-order valence-electron chi connectivity index (χ0n) is 17.9. The van der Waals surface area contributed by atoms with Gasteiger partial charge in [-0.05, 0) is 18.9 Å². The molecule has 0 bridgehead atoms. The zero-order valence-corrected chi connectivity index (χ0v) is 19.5. The number of Topliss-reactive ketones (excluding diaryl/α,β-unsaturated/α-hetero) is 1. The number of benzene rings is 1. The van der Waals surface area contributed by atoms with Crippen molar-refractivity contribution in [1.82, 2.24) is 13.9 Å². The van der Waals surface area contributed by atoms with E-state index < -0.39 is 15.9 Å². The number of rotatable bonds is 6. The van der Waals surface area contributed by atoms with Crippen LogP contribution in [0.5, 0.6) is 0 Å². The van der Waals surface area contributed by atoms with Crippen molar-refractivity contribution < 1.29 is 18.0 Å². The number of nitrogens with zero attached hydrogens (tertiary/aromatic N) is 3. The van der Waals surface area contributed by atoms with Crippen LogP contribution in [0, 0.1) is 0 Å². The second-order valence-corrected chi connectivity index (χ2v) is 10.6. The molecule has 0 aliphatic carbocycles. The summed E-state index contributed by atoms with van der Waals surface area (Å²) in [6, 6.07) is 10.7. The van der Waals surface area contributed by atoms with E-state index in [1.807, 2.05) is 30.3 Å². The lowest BCUT2D eigenvalue weighted by Crippen LogP contribution is -2.35. The number of hydrogen-bond acceptors (Lipinski definition) is 6. The number of thiazole rings is 1. The molecule has 1 aliphatic heterocycles. The van der Waals surface area contributed by atoms with Crippen LogP contribution in [0.25, 0.3) is 11.3 Å². The van der Waals surface area contributed by atoms with E-state index in [2.05, 4.69) is 10.3 Å². The average Bonchev–Trinajstić information content (AvgIpc) is 3.39. The standard InChI is InChI=1S/C22H24N4O4S2/c1-15(27)20-19(16-9-5-3-6-10-16)23-22(31-20)24-21(28)18-13-17(14-25(18)2)32(29,30)26-11-7-4-8-12-26/h3,5-6,9-10,13-14H,4,7-8,11-12H2,1-2H3,(H,23,24,28). The maximum absolute atomic E-state index is 12.9. The Bertz CT molecular complexity index is 1260. The lowest BCUT2D eigenvalue weighted by Gasteiger charge is -2.25. The fourth-order valence-electron chi connectivity index (χ4n) is 3.72. The number of carbonyl (C=O) groups is 2. The van der Waals surface area contributed by atoms with Crippen molar-refractivity contribution in [3.8, 4) is 11.3 Å². The second kappa shape index (κ2) is 8.97. The molecular weight excluding hydrogens is 448 g/mol. The lowest BCUT2D eigenvalue weighted by molar-refractivity contribution is 0.101. The van der Waals surface area contributed by atoms with Gasteiger partial charge < -0.3 is 4.57 Å². The molecular formula is C22H24N4O4S2. The topological polar surface area (TPSA) is 101 Å². The number of hydrogen-bond donors (Lipinski definition) is 1. The van der Waals surface area contributed by atoms with Crippen molar-refractivity contribution >= 4 is 38.2 Å². The fraction of sp³-hybridized carbons (Fsp3) is 0.318. The molecule has 8 nitrogen and oxygen atoms in total. The normalized spacial score (nSPS) is 14.9. The highest BCUT2D eigenvalue weighted by molar-refractivity contribution is 7.89. The van der Waals surface area contributed by atoms with Gasteiger partial charge in [0, 0.05) is 38.8 Å². The molecule has 4 rings (SSSR count). The molecule has 0 spiro atoms. The van der Waals surface area contributed by atoms with Crippen molar-refractivity contribution in [2.75, 3.05) is 18.4 Å². The van der Waals surface area contributed by atoms with Gasteiger partial charge in [0.25, 0.3) is 5.91 Å². The maximum Gasteiger partial charge on any atom is 0.274 e. The summed E-state index contributed by atoms with van der Waals surface area (Å²) in [5, 5.41) is 2.99. The van der Waals surface area contributed by atoms with E-state index in [1.165, 1.54) is 28.1 Å². The highest BCUT2D eigenvalue weighted by atomic mass is 32.2. The number of carbonyl (C=O) groups excluding carboxylic acids is 2. The number of amides is 1. The van der Waals surface area contributed by atoms with E-state index >= 15 is 0 Å². The fourth-order valence-corrected chi connectivity index (χ4v) is 6.19. The van der Waals surface area contributed by atoms with Crippen LogP contribution in [-0.2, 0) is 17.1 Å². The van der Waals surface area contributed by atoms with E-state index in [-0.39, 0.29) is 21.5 Å². The first kappa shape index (κ1) is 22.4. The van der Waals surface area contributed by atoms with Gasteiger partial charge >= 0.3 is 0 Å². The van der Waals surface area contributed by atoms with Gasteiger partial charge in [-0.15, -0.1) is 0 Å². The Morgan fingerprint density at radius 1 is 1.09 bits per heavy atom. The maximum atomic E-state index is 12.9. The van der Waals surface area contributed by atoms with Crippen molar-refractivity contribution in [3.05, 3.63) is 53.2 Å².